The summed E-state index contributed by atoms with van der Waals surface area (Å²) in [6.07, 6.45) is 2.30. The summed E-state index contributed by atoms with van der Waals surface area (Å²) in [7, 11) is 0. The lowest BCUT2D eigenvalue weighted by molar-refractivity contribution is -0.148. The van der Waals surface area contributed by atoms with Crippen LogP contribution in [0.4, 0.5) is 0 Å². The molecule has 82 valence electrons. The fourth-order valence-electron chi connectivity index (χ4n) is 1.37. The first-order valence-electron chi connectivity index (χ1n) is 5.48. The van der Waals surface area contributed by atoms with E-state index < -0.39 is 0 Å². The van der Waals surface area contributed by atoms with E-state index in [1.54, 1.807) is 0 Å². The lowest BCUT2D eigenvalue weighted by Crippen LogP contribution is -2.08. The summed E-state index contributed by atoms with van der Waals surface area (Å²) < 4.78 is 5.30. The van der Waals surface area contributed by atoms with Gasteiger partial charge in [0, 0.05) is 6.42 Å². The van der Waals surface area contributed by atoms with Crippen molar-refractivity contribution in [1.82, 2.24) is 0 Å². The summed E-state index contributed by atoms with van der Waals surface area (Å²) in [5.74, 6) is -0.104. The van der Waals surface area contributed by atoms with Gasteiger partial charge in [-0.15, -0.1) is 0 Å². The average Bonchev–Trinajstić information content (AvgIpc) is 2.27. The summed E-state index contributed by atoms with van der Waals surface area (Å²) in [5.41, 5.74) is 1.04. The Kier molecular flexibility index (Phi) is 4.88. The van der Waals surface area contributed by atoms with Crippen molar-refractivity contribution in [3.05, 3.63) is 35.9 Å². The zero-order valence-electron chi connectivity index (χ0n) is 9.40. The van der Waals surface area contributed by atoms with Crippen molar-refractivity contribution in [1.29, 1.82) is 0 Å². The predicted molar refractivity (Wildman–Crippen MR) is 60.5 cm³/mol. The highest BCUT2D eigenvalue weighted by atomic mass is 16.5. The monoisotopic (exact) mass is 206 g/mol. The van der Waals surface area contributed by atoms with Crippen LogP contribution < -0.4 is 0 Å². The zero-order valence-corrected chi connectivity index (χ0v) is 9.40. The van der Waals surface area contributed by atoms with Gasteiger partial charge in [0.1, 0.15) is 6.10 Å². The first kappa shape index (κ1) is 11.8. The van der Waals surface area contributed by atoms with Crippen molar-refractivity contribution in [2.24, 2.45) is 0 Å². The molecule has 0 aliphatic heterocycles. The Hall–Kier alpha value is -1.31. The summed E-state index contributed by atoms with van der Waals surface area (Å²) in [6.45, 7) is 3.97. The standard InChI is InChI=1S/C13H18O2/c1-3-4-10-13(14)15-11(2)12-8-6-5-7-9-12/h5-9,11H,3-4,10H2,1-2H3/t11-/m0/s1. The Bertz CT molecular complexity index is 293. The Morgan fingerprint density at radius 1 is 1.33 bits per heavy atom. The summed E-state index contributed by atoms with van der Waals surface area (Å²) >= 11 is 0. The molecule has 1 rings (SSSR count). The topological polar surface area (TPSA) is 26.3 Å². The van der Waals surface area contributed by atoms with Crippen molar-refractivity contribution >= 4 is 5.97 Å². The van der Waals surface area contributed by atoms with E-state index in [-0.39, 0.29) is 12.1 Å². The molecular weight excluding hydrogens is 188 g/mol. The maximum Gasteiger partial charge on any atom is 0.306 e. The van der Waals surface area contributed by atoms with Gasteiger partial charge in [-0.2, -0.15) is 0 Å². The molecule has 0 N–H and O–H groups in total. The van der Waals surface area contributed by atoms with Gasteiger partial charge in [-0.05, 0) is 18.9 Å². The van der Waals surface area contributed by atoms with Crippen LogP contribution in [-0.2, 0) is 9.53 Å². The molecule has 0 bridgehead atoms. The van der Waals surface area contributed by atoms with E-state index in [2.05, 4.69) is 6.92 Å². The largest absolute Gasteiger partial charge is 0.458 e. The van der Waals surface area contributed by atoms with Crippen molar-refractivity contribution in [2.75, 3.05) is 0 Å². The average molecular weight is 206 g/mol. The van der Waals surface area contributed by atoms with E-state index >= 15 is 0 Å². The molecule has 0 amide bonds. The Morgan fingerprint density at radius 2 is 2.00 bits per heavy atom. The summed E-state index contributed by atoms with van der Waals surface area (Å²) in [4.78, 5) is 11.4. The van der Waals surface area contributed by atoms with Gasteiger partial charge in [0.05, 0.1) is 0 Å². The lowest BCUT2D eigenvalue weighted by atomic mass is 10.1. The number of rotatable bonds is 5. The molecule has 0 aliphatic rings. The number of ether oxygens (including phenoxy) is 1. The second-order valence-corrected chi connectivity index (χ2v) is 3.65. The van der Waals surface area contributed by atoms with Gasteiger partial charge in [-0.3, -0.25) is 4.79 Å². The SMILES string of the molecule is CCCCC(=O)O[C@@H](C)c1ccccc1. The van der Waals surface area contributed by atoms with Gasteiger partial charge >= 0.3 is 5.97 Å². The van der Waals surface area contributed by atoms with Crippen LogP contribution in [-0.4, -0.2) is 5.97 Å². The first-order valence-corrected chi connectivity index (χ1v) is 5.48. The Balaban J connectivity index is 2.42. The molecule has 0 heterocycles. The van der Waals surface area contributed by atoms with E-state index in [4.69, 9.17) is 4.74 Å². The van der Waals surface area contributed by atoms with Crippen LogP contribution in [0.5, 0.6) is 0 Å². The van der Waals surface area contributed by atoms with Crippen LogP contribution >= 0.6 is 0 Å². The summed E-state index contributed by atoms with van der Waals surface area (Å²) in [6, 6.07) is 9.79. The molecule has 0 aliphatic carbocycles. The van der Waals surface area contributed by atoms with Crippen LogP contribution in [0.3, 0.4) is 0 Å². The normalized spacial score (nSPS) is 12.1. The van der Waals surface area contributed by atoms with Gasteiger partial charge in [0.25, 0.3) is 0 Å². The summed E-state index contributed by atoms with van der Waals surface area (Å²) in [5, 5.41) is 0. The minimum absolute atomic E-state index is 0.104. The molecule has 0 spiro atoms. The highest BCUT2D eigenvalue weighted by Gasteiger charge is 2.10. The van der Waals surface area contributed by atoms with Crippen LogP contribution in [0.1, 0.15) is 44.8 Å². The molecule has 0 fully saturated rings. The van der Waals surface area contributed by atoms with Gasteiger partial charge in [-0.1, -0.05) is 43.7 Å². The number of carbonyl (C=O) groups is 1. The van der Waals surface area contributed by atoms with Crippen LogP contribution in [0.15, 0.2) is 30.3 Å². The van der Waals surface area contributed by atoms with E-state index in [1.807, 2.05) is 37.3 Å². The van der Waals surface area contributed by atoms with E-state index in [1.165, 1.54) is 0 Å². The molecule has 2 heteroatoms. The van der Waals surface area contributed by atoms with Crippen LogP contribution in [0.25, 0.3) is 0 Å². The molecule has 1 atom stereocenters. The van der Waals surface area contributed by atoms with Gasteiger partial charge in [0.2, 0.25) is 0 Å². The Morgan fingerprint density at radius 3 is 2.60 bits per heavy atom. The van der Waals surface area contributed by atoms with E-state index in [0.29, 0.717) is 6.42 Å². The fourth-order valence-corrected chi connectivity index (χ4v) is 1.37. The molecule has 0 unspecified atom stereocenters. The minimum atomic E-state index is -0.143. The Labute approximate surface area is 91.3 Å². The lowest BCUT2D eigenvalue weighted by Gasteiger charge is -2.13. The fraction of sp³-hybridized carbons (Fsp3) is 0.462. The van der Waals surface area contributed by atoms with Crippen molar-refractivity contribution in [3.8, 4) is 0 Å². The third-order valence-electron chi connectivity index (χ3n) is 2.31. The molecule has 0 saturated carbocycles. The highest BCUT2D eigenvalue weighted by molar-refractivity contribution is 5.69. The zero-order chi connectivity index (χ0) is 11.1. The molecule has 0 saturated heterocycles. The van der Waals surface area contributed by atoms with Gasteiger partial charge < -0.3 is 4.74 Å². The quantitative estimate of drug-likeness (QED) is 0.689. The third kappa shape index (κ3) is 4.15. The number of esters is 1. The van der Waals surface area contributed by atoms with Crippen LogP contribution in [0.2, 0.25) is 0 Å². The first-order chi connectivity index (χ1) is 7.24. The van der Waals surface area contributed by atoms with Crippen molar-refractivity contribution in [3.63, 3.8) is 0 Å². The molecule has 1 aromatic rings. The molecule has 2 nitrogen and oxygen atoms in total. The van der Waals surface area contributed by atoms with Crippen molar-refractivity contribution < 1.29 is 9.53 Å². The van der Waals surface area contributed by atoms with Crippen LogP contribution in [0, 0.1) is 0 Å². The van der Waals surface area contributed by atoms with Crippen molar-refractivity contribution in [2.45, 2.75) is 39.2 Å². The number of carbonyl (C=O) groups excluding carboxylic acids is 1. The number of unbranched alkanes of at least 4 members (excludes halogenated alkanes) is 1. The maximum absolute atomic E-state index is 11.4. The minimum Gasteiger partial charge on any atom is -0.458 e. The molecule has 1 aromatic carbocycles. The smallest absolute Gasteiger partial charge is 0.306 e. The third-order valence-corrected chi connectivity index (χ3v) is 2.31. The molecule has 0 radical (unpaired) electrons. The number of hydrogen-bond donors (Lipinski definition) is 0. The molecule has 0 aromatic heterocycles. The molecular formula is C13H18O2. The van der Waals surface area contributed by atoms with Gasteiger partial charge in [0.15, 0.2) is 0 Å². The second kappa shape index (κ2) is 6.23. The molecule has 15 heavy (non-hydrogen) atoms. The number of benzene rings is 1. The second-order valence-electron chi connectivity index (χ2n) is 3.65. The maximum atomic E-state index is 11.4. The predicted octanol–water partition coefficient (Wildman–Crippen LogP) is 3.48. The van der Waals surface area contributed by atoms with Gasteiger partial charge in [-0.25, -0.2) is 0 Å². The number of hydrogen-bond acceptors (Lipinski definition) is 2. The highest BCUT2D eigenvalue weighted by Crippen LogP contribution is 2.16. The van der Waals surface area contributed by atoms with E-state index in [0.717, 1.165) is 18.4 Å². The van der Waals surface area contributed by atoms with E-state index in [9.17, 15) is 4.79 Å².